The molecule has 1 aliphatic heterocycles. The molecule has 4 nitrogen and oxygen atoms in total. The van der Waals surface area contributed by atoms with E-state index < -0.39 is 0 Å². The maximum atomic E-state index is 8.74. The first-order valence-corrected chi connectivity index (χ1v) is 6.02. The Kier molecular flexibility index (Phi) is 3.60. The molecular formula is C13H18N4. The number of hydrogen-bond acceptors (Lipinski definition) is 4. The van der Waals surface area contributed by atoms with Gasteiger partial charge in [-0.1, -0.05) is 0 Å². The Labute approximate surface area is 102 Å². The lowest BCUT2D eigenvalue weighted by Gasteiger charge is -2.29. The lowest BCUT2D eigenvalue weighted by Crippen LogP contribution is -2.37. The van der Waals surface area contributed by atoms with Gasteiger partial charge in [0.15, 0.2) is 0 Å². The van der Waals surface area contributed by atoms with Gasteiger partial charge in [0.05, 0.1) is 11.9 Å². The molecule has 0 spiro atoms. The Balaban J connectivity index is 2.17. The maximum Gasteiger partial charge on any atom is 0.140 e. The molecule has 0 bridgehead atoms. The molecule has 0 radical (unpaired) electrons. The lowest BCUT2D eigenvalue weighted by atomic mass is 10.2. The van der Waals surface area contributed by atoms with E-state index in [0.717, 1.165) is 25.3 Å². The summed E-state index contributed by atoms with van der Waals surface area (Å²) in [7, 11) is 2.16. The van der Waals surface area contributed by atoms with Crippen LogP contribution in [-0.2, 0) is 0 Å². The fourth-order valence-corrected chi connectivity index (χ4v) is 2.38. The molecule has 2 heterocycles. The summed E-state index contributed by atoms with van der Waals surface area (Å²) in [5.41, 5.74) is 1.60. The highest BCUT2D eigenvalue weighted by Gasteiger charge is 2.19. The highest BCUT2D eigenvalue weighted by molar-refractivity contribution is 5.47. The van der Waals surface area contributed by atoms with Gasteiger partial charge < -0.3 is 9.80 Å². The third kappa shape index (κ3) is 2.75. The summed E-state index contributed by atoms with van der Waals surface area (Å²) in [5.74, 6) is 0. The summed E-state index contributed by atoms with van der Waals surface area (Å²) in [5, 5.41) is 8.74. The van der Waals surface area contributed by atoms with Gasteiger partial charge in [-0.05, 0) is 39.1 Å². The van der Waals surface area contributed by atoms with E-state index in [9.17, 15) is 0 Å². The van der Waals surface area contributed by atoms with Crippen molar-refractivity contribution in [1.29, 1.82) is 5.26 Å². The zero-order valence-electron chi connectivity index (χ0n) is 10.4. The highest BCUT2D eigenvalue weighted by Crippen LogP contribution is 2.19. The Bertz CT molecular complexity index is 406. The molecule has 1 unspecified atom stereocenters. The van der Waals surface area contributed by atoms with Crippen molar-refractivity contribution in [3.05, 3.63) is 24.0 Å². The van der Waals surface area contributed by atoms with Gasteiger partial charge in [-0.15, -0.1) is 0 Å². The SMILES string of the molecule is CC1CN(C)CCCN1c1ccc(C#N)nc1. The third-order valence-corrected chi connectivity index (χ3v) is 3.24. The van der Waals surface area contributed by atoms with E-state index in [2.05, 4.69) is 28.8 Å². The minimum absolute atomic E-state index is 0.480. The summed E-state index contributed by atoms with van der Waals surface area (Å²) in [4.78, 5) is 8.88. The quantitative estimate of drug-likeness (QED) is 0.733. The zero-order valence-corrected chi connectivity index (χ0v) is 10.4. The van der Waals surface area contributed by atoms with Crippen molar-refractivity contribution in [3.63, 3.8) is 0 Å². The van der Waals surface area contributed by atoms with Crippen LogP contribution in [0, 0.1) is 11.3 Å². The van der Waals surface area contributed by atoms with E-state index in [1.807, 2.05) is 12.1 Å². The van der Waals surface area contributed by atoms with Crippen molar-refractivity contribution in [3.8, 4) is 6.07 Å². The second-order valence-electron chi connectivity index (χ2n) is 4.67. The van der Waals surface area contributed by atoms with E-state index in [1.54, 1.807) is 12.3 Å². The maximum absolute atomic E-state index is 8.74. The van der Waals surface area contributed by atoms with E-state index in [4.69, 9.17) is 5.26 Å². The van der Waals surface area contributed by atoms with Crippen molar-refractivity contribution in [2.45, 2.75) is 19.4 Å². The molecule has 17 heavy (non-hydrogen) atoms. The Morgan fingerprint density at radius 3 is 2.88 bits per heavy atom. The zero-order chi connectivity index (χ0) is 12.3. The molecule has 4 heteroatoms. The van der Waals surface area contributed by atoms with E-state index in [1.165, 1.54) is 6.42 Å². The van der Waals surface area contributed by atoms with Crippen LogP contribution in [0.25, 0.3) is 0 Å². The highest BCUT2D eigenvalue weighted by atomic mass is 15.2. The number of hydrogen-bond donors (Lipinski definition) is 0. The van der Waals surface area contributed by atoms with Crippen LogP contribution in [0.5, 0.6) is 0 Å². The molecule has 1 atom stereocenters. The average Bonchev–Trinajstić information content (AvgIpc) is 2.50. The molecular weight excluding hydrogens is 212 g/mol. The predicted molar refractivity (Wildman–Crippen MR) is 67.9 cm³/mol. The molecule has 1 aromatic heterocycles. The van der Waals surface area contributed by atoms with Gasteiger partial charge in [-0.2, -0.15) is 5.26 Å². The van der Waals surface area contributed by atoms with E-state index in [0.29, 0.717) is 11.7 Å². The molecule has 0 aromatic carbocycles. The van der Waals surface area contributed by atoms with Crippen LogP contribution < -0.4 is 4.90 Å². The molecule has 0 N–H and O–H groups in total. The van der Waals surface area contributed by atoms with Crippen LogP contribution in [0.3, 0.4) is 0 Å². The van der Waals surface area contributed by atoms with Crippen LogP contribution in [0.15, 0.2) is 18.3 Å². The summed E-state index contributed by atoms with van der Waals surface area (Å²) in [6.07, 6.45) is 2.97. The molecule has 2 rings (SSSR count). The van der Waals surface area contributed by atoms with E-state index in [-0.39, 0.29) is 0 Å². The van der Waals surface area contributed by atoms with Gasteiger partial charge >= 0.3 is 0 Å². The first-order chi connectivity index (χ1) is 8.20. The topological polar surface area (TPSA) is 43.2 Å². The summed E-state index contributed by atoms with van der Waals surface area (Å²) in [6, 6.07) is 6.32. The standard InChI is InChI=1S/C13H18N4/c1-11-10-16(2)6-3-7-17(11)13-5-4-12(8-14)15-9-13/h4-5,9,11H,3,6-7,10H2,1-2H3. The van der Waals surface area contributed by atoms with Gasteiger partial charge in [0.2, 0.25) is 0 Å². The third-order valence-electron chi connectivity index (χ3n) is 3.24. The molecule has 0 amide bonds. The smallest absolute Gasteiger partial charge is 0.140 e. The minimum Gasteiger partial charge on any atom is -0.366 e. The predicted octanol–water partition coefficient (Wildman–Crippen LogP) is 1.48. The number of rotatable bonds is 1. The Morgan fingerprint density at radius 1 is 1.41 bits per heavy atom. The van der Waals surface area contributed by atoms with Crippen LogP contribution in [0.4, 0.5) is 5.69 Å². The monoisotopic (exact) mass is 230 g/mol. The van der Waals surface area contributed by atoms with Gasteiger partial charge in [-0.3, -0.25) is 0 Å². The van der Waals surface area contributed by atoms with Gasteiger partial charge in [0.25, 0.3) is 0 Å². The molecule has 1 saturated heterocycles. The first kappa shape index (κ1) is 11.9. The van der Waals surface area contributed by atoms with Gasteiger partial charge in [0, 0.05) is 19.1 Å². The second-order valence-corrected chi connectivity index (χ2v) is 4.67. The molecule has 0 aliphatic carbocycles. The summed E-state index contributed by atoms with van der Waals surface area (Å²) < 4.78 is 0. The summed E-state index contributed by atoms with van der Waals surface area (Å²) >= 11 is 0. The van der Waals surface area contributed by atoms with Crippen molar-refractivity contribution in [2.75, 3.05) is 31.6 Å². The number of nitriles is 1. The number of anilines is 1. The fourth-order valence-electron chi connectivity index (χ4n) is 2.38. The fraction of sp³-hybridized carbons (Fsp3) is 0.538. The van der Waals surface area contributed by atoms with Crippen molar-refractivity contribution >= 4 is 5.69 Å². The Hall–Kier alpha value is -1.60. The van der Waals surface area contributed by atoms with E-state index >= 15 is 0 Å². The molecule has 90 valence electrons. The van der Waals surface area contributed by atoms with Crippen LogP contribution in [0.1, 0.15) is 19.0 Å². The van der Waals surface area contributed by atoms with Gasteiger partial charge in [0.1, 0.15) is 11.8 Å². The number of likely N-dealkylation sites (N-methyl/N-ethyl adjacent to an activating group) is 1. The molecule has 1 aromatic rings. The second kappa shape index (κ2) is 5.15. The molecule has 0 saturated carbocycles. The van der Waals surface area contributed by atoms with Crippen molar-refractivity contribution in [2.24, 2.45) is 0 Å². The van der Waals surface area contributed by atoms with Gasteiger partial charge in [-0.25, -0.2) is 4.98 Å². The van der Waals surface area contributed by atoms with Crippen molar-refractivity contribution in [1.82, 2.24) is 9.88 Å². The number of aromatic nitrogens is 1. The normalized spacial score (nSPS) is 21.9. The summed E-state index contributed by atoms with van der Waals surface area (Å²) in [6.45, 7) is 5.50. The first-order valence-electron chi connectivity index (χ1n) is 6.02. The molecule has 1 fully saturated rings. The number of nitrogens with zero attached hydrogens (tertiary/aromatic N) is 4. The lowest BCUT2D eigenvalue weighted by molar-refractivity contribution is 0.337. The van der Waals surface area contributed by atoms with Crippen LogP contribution >= 0.6 is 0 Å². The minimum atomic E-state index is 0.480. The number of pyridine rings is 1. The largest absolute Gasteiger partial charge is 0.366 e. The van der Waals surface area contributed by atoms with Crippen LogP contribution in [-0.4, -0.2) is 42.6 Å². The average molecular weight is 230 g/mol. The van der Waals surface area contributed by atoms with Crippen LogP contribution in [0.2, 0.25) is 0 Å². The van der Waals surface area contributed by atoms with Crippen molar-refractivity contribution < 1.29 is 0 Å². The Morgan fingerprint density at radius 2 is 2.24 bits per heavy atom. The molecule has 1 aliphatic rings.